The lowest BCUT2D eigenvalue weighted by atomic mass is 10.1. The lowest BCUT2D eigenvalue weighted by Crippen LogP contribution is -2.21. The van der Waals surface area contributed by atoms with Gasteiger partial charge in [-0.1, -0.05) is 24.3 Å². The Morgan fingerprint density at radius 2 is 1.84 bits per heavy atom. The largest absolute Gasteiger partial charge is 0.370 e. The summed E-state index contributed by atoms with van der Waals surface area (Å²) in [5, 5.41) is 6.91. The molecule has 0 radical (unpaired) electrons. The number of aromatic nitrogens is 2. The number of nitrogens with one attached hydrogen (secondary N) is 2. The Hall–Kier alpha value is -2.18. The molecule has 0 atom stereocenters. The van der Waals surface area contributed by atoms with E-state index >= 15 is 0 Å². The van der Waals surface area contributed by atoms with E-state index in [4.69, 9.17) is 5.73 Å². The van der Waals surface area contributed by atoms with Crippen LogP contribution in [0.2, 0.25) is 0 Å². The van der Waals surface area contributed by atoms with Crippen molar-refractivity contribution in [2.75, 3.05) is 37.2 Å². The van der Waals surface area contributed by atoms with Gasteiger partial charge in [-0.3, -0.25) is 4.90 Å². The van der Waals surface area contributed by atoms with Crippen molar-refractivity contribution in [1.82, 2.24) is 20.2 Å². The van der Waals surface area contributed by atoms with E-state index in [0.717, 1.165) is 70.0 Å². The molecular weight excluding hydrogens is 312 g/mol. The van der Waals surface area contributed by atoms with Crippen molar-refractivity contribution in [3.63, 3.8) is 0 Å². The number of anilines is 2. The Balaban J connectivity index is 1.31. The topological polar surface area (TPSA) is 79.1 Å². The van der Waals surface area contributed by atoms with Crippen LogP contribution in [-0.2, 0) is 25.9 Å². The number of hydrogen-bond donors (Lipinski definition) is 3. The van der Waals surface area contributed by atoms with Crippen LogP contribution >= 0.6 is 0 Å². The van der Waals surface area contributed by atoms with Gasteiger partial charge in [-0.25, -0.2) is 4.98 Å². The zero-order chi connectivity index (χ0) is 17.1. The van der Waals surface area contributed by atoms with Gasteiger partial charge in [0, 0.05) is 44.7 Å². The molecule has 3 heterocycles. The van der Waals surface area contributed by atoms with Crippen molar-refractivity contribution in [1.29, 1.82) is 0 Å². The molecule has 0 spiro atoms. The Bertz CT molecular complexity index is 720. The molecule has 25 heavy (non-hydrogen) atoms. The minimum Gasteiger partial charge on any atom is -0.370 e. The minimum absolute atomic E-state index is 0.373. The highest BCUT2D eigenvalue weighted by atomic mass is 15.1. The van der Waals surface area contributed by atoms with Gasteiger partial charge in [-0.2, -0.15) is 4.98 Å². The van der Waals surface area contributed by atoms with Crippen LogP contribution in [0.15, 0.2) is 24.3 Å². The summed E-state index contributed by atoms with van der Waals surface area (Å²) in [6.07, 6.45) is 2.97. The third-order valence-electron chi connectivity index (χ3n) is 5.05. The van der Waals surface area contributed by atoms with Crippen LogP contribution in [0, 0.1) is 0 Å². The van der Waals surface area contributed by atoms with Gasteiger partial charge in [0.1, 0.15) is 5.82 Å². The predicted octanol–water partition coefficient (Wildman–Crippen LogP) is 1.56. The fraction of sp³-hybridized carbons (Fsp3) is 0.474. The molecule has 0 saturated carbocycles. The Morgan fingerprint density at radius 1 is 1.08 bits per heavy atom. The number of nitrogens with zero attached hydrogens (tertiary/aromatic N) is 3. The lowest BCUT2D eigenvalue weighted by Gasteiger charge is -2.16. The summed E-state index contributed by atoms with van der Waals surface area (Å²) in [7, 11) is 0. The molecule has 0 saturated heterocycles. The first kappa shape index (κ1) is 16.3. The van der Waals surface area contributed by atoms with E-state index in [1.54, 1.807) is 0 Å². The first-order valence-electron chi connectivity index (χ1n) is 9.18. The molecule has 0 unspecified atom stereocenters. The van der Waals surface area contributed by atoms with Gasteiger partial charge in [0.25, 0.3) is 0 Å². The van der Waals surface area contributed by atoms with E-state index in [-0.39, 0.29) is 0 Å². The number of benzene rings is 1. The normalized spacial score (nSPS) is 17.0. The maximum atomic E-state index is 5.90. The van der Waals surface area contributed by atoms with Gasteiger partial charge in [0.2, 0.25) is 5.95 Å². The zero-order valence-corrected chi connectivity index (χ0v) is 14.6. The van der Waals surface area contributed by atoms with Crippen molar-refractivity contribution in [2.24, 2.45) is 0 Å². The summed E-state index contributed by atoms with van der Waals surface area (Å²) >= 11 is 0. The van der Waals surface area contributed by atoms with Crippen LogP contribution in [0.1, 0.15) is 28.8 Å². The smallest absolute Gasteiger partial charge is 0.222 e. The molecule has 0 bridgehead atoms. The summed E-state index contributed by atoms with van der Waals surface area (Å²) in [4.78, 5) is 11.4. The molecule has 1 aromatic heterocycles. The highest BCUT2D eigenvalue weighted by molar-refractivity contribution is 5.50. The van der Waals surface area contributed by atoms with Crippen molar-refractivity contribution < 1.29 is 0 Å². The molecule has 4 rings (SSSR count). The zero-order valence-electron chi connectivity index (χ0n) is 14.6. The molecule has 4 N–H and O–H groups in total. The van der Waals surface area contributed by atoms with Gasteiger partial charge in [-0.05, 0) is 30.5 Å². The highest BCUT2D eigenvalue weighted by Gasteiger charge is 2.18. The highest BCUT2D eigenvalue weighted by Crippen LogP contribution is 2.23. The maximum Gasteiger partial charge on any atom is 0.222 e. The van der Waals surface area contributed by atoms with Crippen LogP contribution in [0.4, 0.5) is 11.8 Å². The van der Waals surface area contributed by atoms with Gasteiger partial charge in [0.15, 0.2) is 0 Å². The van der Waals surface area contributed by atoms with E-state index in [9.17, 15) is 0 Å². The first-order chi connectivity index (χ1) is 12.3. The van der Waals surface area contributed by atoms with Crippen molar-refractivity contribution in [2.45, 2.75) is 32.4 Å². The Labute approximate surface area is 148 Å². The number of rotatable bonds is 5. The minimum atomic E-state index is 0.373. The summed E-state index contributed by atoms with van der Waals surface area (Å²) in [6, 6.07) is 8.73. The van der Waals surface area contributed by atoms with E-state index in [2.05, 4.69) is 49.8 Å². The second-order valence-electron chi connectivity index (χ2n) is 6.87. The van der Waals surface area contributed by atoms with Crippen LogP contribution in [0.5, 0.6) is 0 Å². The lowest BCUT2D eigenvalue weighted by molar-refractivity contribution is 0.283. The third-order valence-corrected chi connectivity index (χ3v) is 5.05. The molecule has 6 nitrogen and oxygen atoms in total. The standard InChI is InChI=1S/C19H26N6/c20-19-23-17-7-10-21-9-6-16(17)18(24-19)22-8-3-11-25-12-14-4-1-2-5-15(14)13-25/h1-2,4-5,21H,3,6-13H2,(H3,20,22,23,24). The summed E-state index contributed by atoms with van der Waals surface area (Å²) in [6.45, 7) is 6.06. The summed E-state index contributed by atoms with van der Waals surface area (Å²) in [5.74, 6) is 1.30. The molecule has 132 valence electrons. The van der Waals surface area contributed by atoms with Crippen molar-refractivity contribution in [3.05, 3.63) is 46.6 Å². The SMILES string of the molecule is Nc1nc2c(c(NCCCN3Cc4ccccc4C3)n1)CCNCC2. The molecule has 0 amide bonds. The van der Waals surface area contributed by atoms with Gasteiger partial charge < -0.3 is 16.4 Å². The van der Waals surface area contributed by atoms with E-state index in [1.807, 2.05) is 0 Å². The number of fused-ring (bicyclic) bond motifs is 2. The van der Waals surface area contributed by atoms with Crippen LogP contribution < -0.4 is 16.4 Å². The van der Waals surface area contributed by atoms with E-state index < -0.39 is 0 Å². The molecule has 2 aliphatic heterocycles. The maximum absolute atomic E-state index is 5.90. The van der Waals surface area contributed by atoms with E-state index in [1.165, 1.54) is 16.7 Å². The van der Waals surface area contributed by atoms with Gasteiger partial charge in [-0.15, -0.1) is 0 Å². The van der Waals surface area contributed by atoms with Crippen LogP contribution in [0.3, 0.4) is 0 Å². The summed E-state index contributed by atoms with van der Waals surface area (Å²) in [5.41, 5.74) is 11.2. The summed E-state index contributed by atoms with van der Waals surface area (Å²) < 4.78 is 0. The van der Waals surface area contributed by atoms with Crippen molar-refractivity contribution >= 4 is 11.8 Å². The quantitative estimate of drug-likeness (QED) is 0.718. The number of nitrogen functional groups attached to an aromatic ring is 1. The number of nitrogens with two attached hydrogens (primary N) is 1. The van der Waals surface area contributed by atoms with Gasteiger partial charge >= 0.3 is 0 Å². The second kappa shape index (κ2) is 7.37. The fourth-order valence-corrected chi connectivity index (χ4v) is 3.78. The average Bonchev–Trinajstić information content (AvgIpc) is 2.88. The molecule has 0 aliphatic carbocycles. The van der Waals surface area contributed by atoms with Gasteiger partial charge in [0.05, 0.1) is 5.69 Å². The van der Waals surface area contributed by atoms with Crippen LogP contribution in [0.25, 0.3) is 0 Å². The second-order valence-corrected chi connectivity index (χ2v) is 6.87. The monoisotopic (exact) mass is 338 g/mol. The predicted molar refractivity (Wildman–Crippen MR) is 100 cm³/mol. The molecule has 1 aromatic carbocycles. The first-order valence-corrected chi connectivity index (χ1v) is 9.18. The molecule has 0 fully saturated rings. The average molecular weight is 338 g/mol. The Morgan fingerprint density at radius 3 is 2.64 bits per heavy atom. The third kappa shape index (κ3) is 3.75. The van der Waals surface area contributed by atoms with Crippen LogP contribution in [-0.4, -0.2) is 41.0 Å². The molecule has 2 aromatic rings. The van der Waals surface area contributed by atoms with E-state index in [0.29, 0.717) is 5.95 Å². The number of hydrogen-bond acceptors (Lipinski definition) is 6. The fourth-order valence-electron chi connectivity index (χ4n) is 3.78. The molecule has 6 heteroatoms. The Kier molecular flexibility index (Phi) is 4.81. The van der Waals surface area contributed by atoms with Crippen molar-refractivity contribution in [3.8, 4) is 0 Å². The molecule has 2 aliphatic rings. The molecular formula is C19H26N6.